The molecule has 2 heterocycles. The average Bonchev–Trinajstić information content (AvgIpc) is 2.54. The van der Waals surface area contributed by atoms with Crippen molar-refractivity contribution in [1.82, 2.24) is 15.3 Å². The van der Waals surface area contributed by atoms with Gasteiger partial charge in [-0.15, -0.1) is 0 Å². The van der Waals surface area contributed by atoms with Crippen LogP contribution in [0.3, 0.4) is 0 Å². The number of hydrogen-bond donors (Lipinski definition) is 1. The van der Waals surface area contributed by atoms with Gasteiger partial charge in [0.15, 0.2) is 5.69 Å². The smallest absolute Gasteiger partial charge is 0.358 e. The summed E-state index contributed by atoms with van der Waals surface area (Å²) in [6.45, 7) is 3.82. The highest BCUT2D eigenvalue weighted by molar-refractivity contribution is 5.87. The van der Waals surface area contributed by atoms with Gasteiger partial charge >= 0.3 is 11.9 Å². The summed E-state index contributed by atoms with van der Waals surface area (Å²) in [6, 6.07) is -0.485. The van der Waals surface area contributed by atoms with Crippen molar-refractivity contribution in [1.29, 1.82) is 0 Å². The van der Waals surface area contributed by atoms with Crippen molar-refractivity contribution in [2.24, 2.45) is 0 Å². The molecule has 0 radical (unpaired) electrons. The lowest BCUT2D eigenvalue weighted by molar-refractivity contribution is -0.144. The minimum atomic E-state index is -0.563. The Morgan fingerprint density at radius 3 is 3.00 bits per heavy atom. The Labute approximate surface area is 122 Å². The number of ether oxygens (including phenoxy) is 2. The van der Waals surface area contributed by atoms with Crippen LogP contribution in [0.5, 0.6) is 0 Å². The number of esters is 2. The second kappa shape index (κ2) is 6.98. The van der Waals surface area contributed by atoms with Gasteiger partial charge in [-0.05, 0) is 6.92 Å². The maximum Gasteiger partial charge on any atom is 0.358 e. The quantitative estimate of drug-likeness (QED) is 0.750. The van der Waals surface area contributed by atoms with Gasteiger partial charge in [-0.1, -0.05) is 0 Å². The maximum atomic E-state index is 12.0. The van der Waals surface area contributed by atoms with Crippen molar-refractivity contribution in [2.45, 2.75) is 13.0 Å². The molecule has 1 aliphatic heterocycles. The molecular formula is C13H18N4O4. The molecule has 0 amide bonds. The fraction of sp³-hybridized carbons (Fsp3) is 0.538. The van der Waals surface area contributed by atoms with E-state index in [-0.39, 0.29) is 11.7 Å². The average molecular weight is 294 g/mol. The maximum absolute atomic E-state index is 12.0. The van der Waals surface area contributed by atoms with Crippen molar-refractivity contribution in [3.05, 3.63) is 18.1 Å². The Morgan fingerprint density at radius 2 is 2.29 bits per heavy atom. The lowest BCUT2D eigenvalue weighted by Crippen LogP contribution is -2.56. The molecular weight excluding hydrogens is 276 g/mol. The summed E-state index contributed by atoms with van der Waals surface area (Å²) >= 11 is 0. The van der Waals surface area contributed by atoms with E-state index in [1.165, 1.54) is 19.5 Å². The van der Waals surface area contributed by atoms with E-state index in [9.17, 15) is 9.59 Å². The number of nitrogens with zero attached hydrogens (tertiary/aromatic N) is 3. The number of piperazine rings is 1. The summed E-state index contributed by atoms with van der Waals surface area (Å²) < 4.78 is 9.70. The van der Waals surface area contributed by atoms with Gasteiger partial charge in [0.1, 0.15) is 11.9 Å². The largest absolute Gasteiger partial charge is 0.464 e. The summed E-state index contributed by atoms with van der Waals surface area (Å²) in [5, 5.41) is 3.14. The number of rotatable bonds is 4. The summed E-state index contributed by atoms with van der Waals surface area (Å²) in [7, 11) is 1.28. The van der Waals surface area contributed by atoms with Crippen LogP contribution in [0, 0.1) is 0 Å². The van der Waals surface area contributed by atoms with Gasteiger partial charge < -0.3 is 19.7 Å². The van der Waals surface area contributed by atoms with E-state index in [1.54, 1.807) is 11.8 Å². The number of methoxy groups -OCH3 is 1. The Hall–Kier alpha value is -2.22. The van der Waals surface area contributed by atoms with Crippen LogP contribution in [-0.4, -0.2) is 61.3 Å². The van der Waals surface area contributed by atoms with Gasteiger partial charge in [-0.2, -0.15) is 0 Å². The molecule has 0 saturated carbocycles. The van der Waals surface area contributed by atoms with Gasteiger partial charge in [-0.3, -0.25) is 4.98 Å². The molecule has 1 aliphatic rings. The van der Waals surface area contributed by atoms with E-state index in [4.69, 9.17) is 4.74 Å². The second-order valence-corrected chi connectivity index (χ2v) is 4.42. The van der Waals surface area contributed by atoms with E-state index in [0.717, 1.165) is 0 Å². The van der Waals surface area contributed by atoms with E-state index in [1.807, 2.05) is 0 Å². The number of hydrogen-bond acceptors (Lipinski definition) is 8. The highest BCUT2D eigenvalue weighted by Gasteiger charge is 2.31. The number of nitrogens with one attached hydrogen (secondary N) is 1. The van der Waals surface area contributed by atoms with Crippen LogP contribution in [0.1, 0.15) is 17.4 Å². The first-order chi connectivity index (χ1) is 10.2. The van der Waals surface area contributed by atoms with Crippen LogP contribution in [-0.2, 0) is 14.3 Å². The molecule has 0 spiro atoms. The Kier molecular flexibility index (Phi) is 5.04. The number of carbonyl (C=O) groups excluding carboxylic acids is 2. The van der Waals surface area contributed by atoms with Crippen molar-refractivity contribution < 1.29 is 19.1 Å². The zero-order valence-electron chi connectivity index (χ0n) is 12.0. The fourth-order valence-electron chi connectivity index (χ4n) is 2.12. The zero-order chi connectivity index (χ0) is 15.2. The minimum Gasteiger partial charge on any atom is -0.464 e. The molecule has 1 unspecified atom stereocenters. The standard InChI is InChI=1S/C13H18N4O4/c1-3-21-13(19)10-7-14-4-5-17(10)11-8-15-6-9(16-11)12(18)20-2/h6,8,10,14H,3-5,7H2,1-2H3. The Morgan fingerprint density at radius 1 is 1.48 bits per heavy atom. The first-order valence-corrected chi connectivity index (χ1v) is 6.71. The van der Waals surface area contributed by atoms with Crippen molar-refractivity contribution in [2.75, 3.05) is 38.3 Å². The third kappa shape index (κ3) is 3.46. The van der Waals surface area contributed by atoms with Gasteiger partial charge in [-0.25, -0.2) is 14.6 Å². The van der Waals surface area contributed by atoms with Crippen LogP contribution in [0.4, 0.5) is 5.82 Å². The van der Waals surface area contributed by atoms with E-state index in [2.05, 4.69) is 20.0 Å². The molecule has 1 saturated heterocycles. The Bertz CT molecular complexity index is 523. The topological polar surface area (TPSA) is 93.7 Å². The first kappa shape index (κ1) is 15.2. The number of anilines is 1. The monoisotopic (exact) mass is 294 g/mol. The first-order valence-electron chi connectivity index (χ1n) is 6.71. The van der Waals surface area contributed by atoms with Gasteiger partial charge in [0, 0.05) is 19.6 Å². The van der Waals surface area contributed by atoms with Crippen molar-refractivity contribution >= 4 is 17.8 Å². The molecule has 1 aromatic rings. The Balaban J connectivity index is 2.24. The second-order valence-electron chi connectivity index (χ2n) is 4.42. The minimum absolute atomic E-state index is 0.108. The van der Waals surface area contributed by atoms with Crippen LogP contribution in [0.2, 0.25) is 0 Å². The lowest BCUT2D eigenvalue weighted by atomic mass is 10.2. The summed E-state index contributed by atoms with van der Waals surface area (Å²) in [5.41, 5.74) is 0.108. The molecule has 21 heavy (non-hydrogen) atoms. The predicted molar refractivity (Wildman–Crippen MR) is 74.0 cm³/mol. The molecule has 1 fully saturated rings. The summed E-state index contributed by atoms with van der Waals surface area (Å²) in [4.78, 5) is 33.5. The SMILES string of the molecule is CCOC(=O)C1CNCCN1c1cncc(C(=O)OC)n1. The highest BCUT2D eigenvalue weighted by atomic mass is 16.5. The van der Waals surface area contributed by atoms with Gasteiger partial charge in [0.05, 0.1) is 26.1 Å². The molecule has 1 atom stereocenters. The molecule has 2 rings (SSSR count). The van der Waals surface area contributed by atoms with Crippen LogP contribution >= 0.6 is 0 Å². The van der Waals surface area contributed by atoms with E-state index in [0.29, 0.717) is 32.1 Å². The third-order valence-electron chi connectivity index (χ3n) is 3.11. The normalized spacial score (nSPS) is 18.2. The molecule has 8 heteroatoms. The predicted octanol–water partition coefficient (Wildman–Crippen LogP) is -0.395. The molecule has 0 aliphatic carbocycles. The van der Waals surface area contributed by atoms with Crippen LogP contribution in [0.15, 0.2) is 12.4 Å². The van der Waals surface area contributed by atoms with Crippen LogP contribution < -0.4 is 10.2 Å². The fourth-order valence-corrected chi connectivity index (χ4v) is 2.12. The van der Waals surface area contributed by atoms with E-state index < -0.39 is 12.0 Å². The summed E-state index contributed by atoms with van der Waals surface area (Å²) in [6.07, 6.45) is 2.85. The number of aromatic nitrogens is 2. The zero-order valence-corrected chi connectivity index (χ0v) is 12.0. The molecule has 8 nitrogen and oxygen atoms in total. The van der Waals surface area contributed by atoms with Crippen LogP contribution in [0.25, 0.3) is 0 Å². The number of carbonyl (C=O) groups is 2. The molecule has 1 aromatic heterocycles. The lowest BCUT2D eigenvalue weighted by Gasteiger charge is -2.35. The molecule has 1 N–H and O–H groups in total. The third-order valence-corrected chi connectivity index (χ3v) is 3.11. The van der Waals surface area contributed by atoms with E-state index >= 15 is 0 Å². The molecule has 0 bridgehead atoms. The summed E-state index contributed by atoms with van der Waals surface area (Å²) in [5.74, 6) is -0.431. The van der Waals surface area contributed by atoms with Crippen molar-refractivity contribution in [3.8, 4) is 0 Å². The van der Waals surface area contributed by atoms with Gasteiger partial charge in [0.2, 0.25) is 0 Å². The highest BCUT2D eigenvalue weighted by Crippen LogP contribution is 2.16. The molecule has 0 aromatic carbocycles. The molecule has 114 valence electrons. The van der Waals surface area contributed by atoms with Crippen molar-refractivity contribution in [3.63, 3.8) is 0 Å². The van der Waals surface area contributed by atoms with Gasteiger partial charge in [0.25, 0.3) is 0 Å².